The normalized spacial score (nSPS) is 14.2. The van der Waals surface area contributed by atoms with E-state index in [9.17, 15) is 31.4 Å². The van der Waals surface area contributed by atoms with Crippen molar-refractivity contribution in [2.24, 2.45) is 0 Å². The lowest BCUT2D eigenvalue weighted by atomic mass is 9.97. The Labute approximate surface area is 132 Å². The number of para-hydroxylation sites is 1. The molecule has 0 amide bonds. The molecule has 0 radical (unpaired) electrons. The quantitative estimate of drug-likeness (QED) is 0.815. The molecule has 2 rings (SSSR count). The largest absolute Gasteiger partial charge is 0.433 e. The Bertz CT molecular complexity index is 726. The molecule has 9 heteroatoms. The number of hydrogen-bond donors (Lipinski definition) is 2. The van der Waals surface area contributed by atoms with Gasteiger partial charge in [-0.15, -0.1) is 0 Å². The molecule has 1 aromatic heterocycles. The smallest absolute Gasteiger partial charge is 0.396 e. The van der Waals surface area contributed by atoms with E-state index in [-0.39, 0.29) is 30.4 Å². The van der Waals surface area contributed by atoms with E-state index in [4.69, 9.17) is 5.11 Å². The number of benzene rings is 1. The molecule has 0 saturated heterocycles. The fraction of sp³-hybridized carbons (Fsp3) is 0.400. The first-order valence-electron chi connectivity index (χ1n) is 6.92. The first-order chi connectivity index (χ1) is 11.1. The summed E-state index contributed by atoms with van der Waals surface area (Å²) < 4.78 is 78.1. The number of fused-ring (bicyclic) bond motifs is 1. The monoisotopic (exact) mass is 353 g/mol. The lowest BCUT2D eigenvalue weighted by molar-refractivity contribution is -0.142. The lowest BCUT2D eigenvalue weighted by Crippen LogP contribution is -2.14. The van der Waals surface area contributed by atoms with Crippen LogP contribution < -0.4 is 0 Å². The topological polar surface area (TPSA) is 53.4 Å². The molecular weight excluding hydrogens is 340 g/mol. The second kappa shape index (κ2) is 6.56. The molecule has 2 N–H and O–H groups in total. The summed E-state index contributed by atoms with van der Waals surface area (Å²) in [5.74, 6) is 0. The van der Waals surface area contributed by atoms with Crippen LogP contribution in [0.15, 0.2) is 24.3 Å². The Morgan fingerprint density at radius 2 is 1.71 bits per heavy atom. The molecule has 0 aliphatic rings. The van der Waals surface area contributed by atoms with Crippen molar-refractivity contribution in [2.45, 2.75) is 31.3 Å². The zero-order chi connectivity index (χ0) is 18.1. The maximum atomic E-state index is 13.1. The molecule has 3 nitrogen and oxygen atoms in total. The van der Waals surface area contributed by atoms with Crippen LogP contribution >= 0.6 is 0 Å². The van der Waals surface area contributed by atoms with Gasteiger partial charge < -0.3 is 10.2 Å². The van der Waals surface area contributed by atoms with E-state index >= 15 is 0 Å². The molecule has 0 bridgehead atoms. The number of hydrogen-bond acceptors (Lipinski definition) is 3. The van der Waals surface area contributed by atoms with Crippen LogP contribution in [-0.2, 0) is 12.4 Å². The standard InChI is InChI=1S/C15H13F6NO2/c16-14(17,18)10-4-1-3-8-9(11(24)5-2-6-23)7-12(15(19,20)21)22-13(8)10/h1,3-4,7,11,23-24H,2,5-6H2. The van der Waals surface area contributed by atoms with E-state index in [1.54, 1.807) is 0 Å². The Morgan fingerprint density at radius 1 is 1.04 bits per heavy atom. The van der Waals surface area contributed by atoms with Gasteiger partial charge in [-0.3, -0.25) is 0 Å². The average Bonchev–Trinajstić information content (AvgIpc) is 2.49. The van der Waals surface area contributed by atoms with Crippen molar-refractivity contribution in [2.75, 3.05) is 6.61 Å². The van der Waals surface area contributed by atoms with Gasteiger partial charge in [0.25, 0.3) is 0 Å². The molecule has 0 spiro atoms. The van der Waals surface area contributed by atoms with Crippen LogP contribution in [0.4, 0.5) is 26.3 Å². The summed E-state index contributed by atoms with van der Waals surface area (Å²) in [7, 11) is 0. The number of rotatable bonds is 4. The van der Waals surface area contributed by atoms with E-state index in [2.05, 4.69) is 4.98 Å². The molecule has 1 aromatic carbocycles. The van der Waals surface area contributed by atoms with Crippen LogP contribution in [0.1, 0.15) is 35.8 Å². The third kappa shape index (κ3) is 3.78. The molecule has 24 heavy (non-hydrogen) atoms. The molecule has 1 heterocycles. The van der Waals surface area contributed by atoms with Crippen LogP contribution in [0.5, 0.6) is 0 Å². The maximum absolute atomic E-state index is 13.1. The van der Waals surface area contributed by atoms with Crippen molar-refractivity contribution >= 4 is 10.9 Å². The highest BCUT2D eigenvalue weighted by Gasteiger charge is 2.37. The Morgan fingerprint density at radius 3 is 2.25 bits per heavy atom. The number of halogens is 6. The highest BCUT2D eigenvalue weighted by molar-refractivity contribution is 5.86. The molecule has 0 saturated carbocycles. The second-order valence-electron chi connectivity index (χ2n) is 5.18. The van der Waals surface area contributed by atoms with Crippen LogP contribution in [0.3, 0.4) is 0 Å². The third-order valence-electron chi connectivity index (χ3n) is 3.46. The van der Waals surface area contributed by atoms with Crippen molar-refractivity contribution in [1.82, 2.24) is 4.98 Å². The van der Waals surface area contributed by atoms with E-state index in [1.807, 2.05) is 0 Å². The number of aliphatic hydroxyl groups is 2. The van der Waals surface area contributed by atoms with Gasteiger partial charge >= 0.3 is 12.4 Å². The predicted molar refractivity (Wildman–Crippen MR) is 73.0 cm³/mol. The number of pyridine rings is 1. The first kappa shape index (κ1) is 18.5. The summed E-state index contributed by atoms with van der Waals surface area (Å²) >= 11 is 0. The highest BCUT2D eigenvalue weighted by Crippen LogP contribution is 2.39. The van der Waals surface area contributed by atoms with Crippen molar-refractivity contribution in [3.8, 4) is 0 Å². The zero-order valence-electron chi connectivity index (χ0n) is 12.1. The molecule has 132 valence electrons. The summed E-state index contributed by atoms with van der Waals surface area (Å²) in [4.78, 5) is 3.13. The fourth-order valence-electron chi connectivity index (χ4n) is 2.36. The van der Waals surface area contributed by atoms with E-state index in [0.29, 0.717) is 12.1 Å². The van der Waals surface area contributed by atoms with Gasteiger partial charge in [0.1, 0.15) is 5.69 Å². The fourth-order valence-corrected chi connectivity index (χ4v) is 2.36. The summed E-state index contributed by atoms with van der Waals surface area (Å²) in [5, 5.41) is 18.6. The van der Waals surface area contributed by atoms with E-state index in [0.717, 1.165) is 6.07 Å². The summed E-state index contributed by atoms with van der Waals surface area (Å²) in [6.45, 7) is -0.306. The van der Waals surface area contributed by atoms with Gasteiger partial charge in [-0.25, -0.2) is 4.98 Å². The minimum atomic E-state index is -4.96. The second-order valence-corrected chi connectivity index (χ2v) is 5.18. The lowest BCUT2D eigenvalue weighted by Gasteiger charge is -2.18. The van der Waals surface area contributed by atoms with Gasteiger partial charge in [-0.2, -0.15) is 26.3 Å². The van der Waals surface area contributed by atoms with Gasteiger partial charge in [0, 0.05) is 12.0 Å². The molecule has 0 aliphatic carbocycles. The molecule has 1 atom stereocenters. The number of alkyl halides is 6. The van der Waals surface area contributed by atoms with Gasteiger partial charge in [0.2, 0.25) is 0 Å². The van der Waals surface area contributed by atoms with Gasteiger partial charge in [0.05, 0.1) is 17.2 Å². The Balaban J connectivity index is 2.76. The highest BCUT2D eigenvalue weighted by atomic mass is 19.4. The molecule has 0 fully saturated rings. The van der Waals surface area contributed by atoms with Gasteiger partial charge in [0.15, 0.2) is 0 Å². The average molecular weight is 353 g/mol. The van der Waals surface area contributed by atoms with Crippen LogP contribution in [0.2, 0.25) is 0 Å². The molecular formula is C15H13F6NO2. The van der Waals surface area contributed by atoms with Crippen LogP contribution in [0.25, 0.3) is 10.9 Å². The number of aliphatic hydroxyl groups excluding tert-OH is 2. The summed E-state index contributed by atoms with van der Waals surface area (Å²) in [6, 6.07) is 3.40. The third-order valence-corrected chi connectivity index (χ3v) is 3.46. The Hall–Kier alpha value is -1.87. The molecule has 1 unspecified atom stereocenters. The number of aromatic nitrogens is 1. The van der Waals surface area contributed by atoms with Crippen molar-refractivity contribution < 1.29 is 36.6 Å². The van der Waals surface area contributed by atoms with Crippen LogP contribution in [0, 0.1) is 0 Å². The minimum absolute atomic E-state index is 0.0886. The molecule has 0 aliphatic heterocycles. The molecule has 2 aromatic rings. The van der Waals surface area contributed by atoms with E-state index < -0.39 is 35.2 Å². The van der Waals surface area contributed by atoms with Crippen molar-refractivity contribution in [3.05, 3.63) is 41.1 Å². The van der Waals surface area contributed by atoms with Crippen molar-refractivity contribution in [1.29, 1.82) is 0 Å². The van der Waals surface area contributed by atoms with E-state index in [1.165, 1.54) is 6.07 Å². The Kier molecular flexibility index (Phi) is 5.05. The maximum Gasteiger partial charge on any atom is 0.433 e. The minimum Gasteiger partial charge on any atom is -0.396 e. The SMILES string of the molecule is OCCCC(O)c1cc(C(F)(F)F)nc2c(C(F)(F)F)cccc12. The zero-order valence-corrected chi connectivity index (χ0v) is 12.1. The van der Waals surface area contributed by atoms with Gasteiger partial charge in [-0.1, -0.05) is 12.1 Å². The summed E-state index contributed by atoms with van der Waals surface area (Å²) in [5.41, 5.74) is -3.98. The van der Waals surface area contributed by atoms with Gasteiger partial charge in [-0.05, 0) is 30.5 Å². The first-order valence-corrected chi connectivity index (χ1v) is 6.92. The van der Waals surface area contributed by atoms with Crippen molar-refractivity contribution in [3.63, 3.8) is 0 Å². The summed E-state index contributed by atoms with van der Waals surface area (Å²) in [6.07, 6.45) is -11.3. The number of nitrogens with zero attached hydrogens (tertiary/aromatic N) is 1. The van der Waals surface area contributed by atoms with Crippen LogP contribution in [-0.4, -0.2) is 21.8 Å². The predicted octanol–water partition coefficient (Wildman–Crippen LogP) is 4.08.